The Kier molecular flexibility index (Phi) is 7.62. The molecule has 0 saturated carbocycles. The number of aromatic nitrogens is 2. The minimum atomic E-state index is -0.796. The van der Waals surface area contributed by atoms with Crippen LogP contribution in [0.25, 0.3) is 5.69 Å². The Hall–Kier alpha value is -4.21. The molecule has 0 radical (unpaired) electrons. The van der Waals surface area contributed by atoms with Gasteiger partial charge in [0, 0.05) is 0 Å². The first-order chi connectivity index (χ1) is 16.4. The molecular formula is C24H27N3O7. The summed E-state index contributed by atoms with van der Waals surface area (Å²) in [5, 5.41) is 10.9. The van der Waals surface area contributed by atoms with Gasteiger partial charge in [0.15, 0.2) is 11.5 Å². The second kappa shape index (κ2) is 10.6. The summed E-state index contributed by atoms with van der Waals surface area (Å²) in [6.07, 6.45) is 0. The van der Waals surface area contributed by atoms with E-state index < -0.39 is 17.1 Å². The fourth-order valence-corrected chi connectivity index (χ4v) is 3.51. The van der Waals surface area contributed by atoms with Crippen LogP contribution in [-0.4, -0.2) is 48.3 Å². The molecule has 0 fully saturated rings. The Balaban J connectivity index is 2.07. The van der Waals surface area contributed by atoms with Gasteiger partial charge < -0.3 is 24.1 Å². The highest BCUT2D eigenvalue weighted by Gasteiger charge is 2.20. The van der Waals surface area contributed by atoms with E-state index in [0.717, 1.165) is 10.1 Å². The van der Waals surface area contributed by atoms with Crippen molar-refractivity contribution in [2.45, 2.75) is 20.4 Å². The number of aromatic amines is 1. The fraction of sp³-hybridized carbons (Fsp3) is 0.292. The van der Waals surface area contributed by atoms with Crippen LogP contribution in [0.15, 0.2) is 51.0 Å². The largest absolute Gasteiger partial charge is 0.493 e. The number of aromatic hydroxyl groups is 1. The van der Waals surface area contributed by atoms with E-state index in [4.69, 9.17) is 18.9 Å². The van der Waals surface area contributed by atoms with Gasteiger partial charge in [-0.2, -0.15) is 0 Å². The zero-order valence-electron chi connectivity index (χ0n) is 19.7. The van der Waals surface area contributed by atoms with Crippen molar-refractivity contribution >= 4 is 5.71 Å². The molecule has 0 atom stereocenters. The molecule has 0 aliphatic rings. The maximum atomic E-state index is 12.6. The monoisotopic (exact) mass is 469 g/mol. The predicted octanol–water partition coefficient (Wildman–Crippen LogP) is 2.67. The molecule has 3 rings (SSSR count). The van der Waals surface area contributed by atoms with Crippen LogP contribution in [0, 0.1) is 0 Å². The van der Waals surface area contributed by atoms with Crippen LogP contribution in [0.1, 0.15) is 25.0 Å². The zero-order valence-corrected chi connectivity index (χ0v) is 19.7. The second-order valence-electron chi connectivity index (χ2n) is 7.13. The van der Waals surface area contributed by atoms with Gasteiger partial charge in [0.1, 0.15) is 11.3 Å². The van der Waals surface area contributed by atoms with Crippen LogP contribution in [0.3, 0.4) is 0 Å². The topological polar surface area (TPSA) is 124 Å². The first-order valence-electron chi connectivity index (χ1n) is 10.5. The molecule has 2 N–H and O–H groups in total. The maximum absolute atomic E-state index is 12.6. The van der Waals surface area contributed by atoms with E-state index in [-0.39, 0.29) is 17.8 Å². The molecule has 34 heavy (non-hydrogen) atoms. The van der Waals surface area contributed by atoms with Gasteiger partial charge in [0.25, 0.3) is 5.56 Å². The Labute approximate surface area is 196 Å². The number of hydrogen-bond acceptors (Lipinski definition) is 8. The Morgan fingerprint density at radius 1 is 1.03 bits per heavy atom. The minimum Gasteiger partial charge on any atom is -0.493 e. The molecular weight excluding hydrogens is 442 g/mol. The first-order valence-corrected chi connectivity index (χ1v) is 10.5. The number of nitrogens with one attached hydrogen (secondary N) is 1. The summed E-state index contributed by atoms with van der Waals surface area (Å²) >= 11 is 0. The third-order valence-electron chi connectivity index (χ3n) is 5.08. The van der Waals surface area contributed by atoms with E-state index in [1.807, 2.05) is 0 Å². The molecule has 1 heterocycles. The van der Waals surface area contributed by atoms with Crippen molar-refractivity contribution in [1.29, 1.82) is 0 Å². The number of nitrogens with zero attached hydrogens (tertiary/aromatic N) is 2. The predicted molar refractivity (Wildman–Crippen MR) is 128 cm³/mol. The molecule has 0 bridgehead atoms. The van der Waals surface area contributed by atoms with Gasteiger partial charge in [-0.3, -0.25) is 14.8 Å². The highest BCUT2D eigenvalue weighted by Crippen LogP contribution is 2.38. The summed E-state index contributed by atoms with van der Waals surface area (Å²) in [5.74, 6) is 1.22. The first kappa shape index (κ1) is 24.4. The highest BCUT2D eigenvalue weighted by molar-refractivity contribution is 6.00. The number of para-hydroxylation sites is 2. The SMILES string of the molecule is CCOc1ccccc1-n1c(O)c(C(C)=NCc2cc(OC)c(OC)c(OC)c2)c(=O)[nH]c1=O. The molecule has 0 unspecified atom stereocenters. The Bertz CT molecular complexity index is 1300. The van der Waals surface area contributed by atoms with Gasteiger partial charge >= 0.3 is 5.69 Å². The summed E-state index contributed by atoms with van der Waals surface area (Å²) < 4.78 is 22.6. The van der Waals surface area contributed by atoms with Crippen molar-refractivity contribution in [3.8, 4) is 34.6 Å². The van der Waals surface area contributed by atoms with Gasteiger partial charge in [0.05, 0.1) is 45.9 Å². The van der Waals surface area contributed by atoms with Gasteiger partial charge in [-0.1, -0.05) is 12.1 Å². The smallest absolute Gasteiger partial charge is 0.335 e. The lowest BCUT2D eigenvalue weighted by atomic mass is 10.1. The summed E-state index contributed by atoms with van der Waals surface area (Å²) in [5.41, 5.74) is -0.426. The van der Waals surface area contributed by atoms with Gasteiger partial charge in [0.2, 0.25) is 11.6 Å². The zero-order chi connectivity index (χ0) is 24.8. The molecule has 180 valence electrons. The molecule has 10 nitrogen and oxygen atoms in total. The van der Waals surface area contributed by atoms with Crippen molar-refractivity contribution in [1.82, 2.24) is 9.55 Å². The third kappa shape index (κ3) is 4.75. The van der Waals surface area contributed by atoms with E-state index in [1.165, 1.54) is 21.3 Å². The van der Waals surface area contributed by atoms with Crippen molar-refractivity contribution in [2.24, 2.45) is 4.99 Å². The standard InChI is InChI=1S/C24H27N3O7/c1-6-34-17-10-8-7-9-16(17)27-23(29)20(22(28)26-24(27)30)14(2)25-13-15-11-18(31-3)21(33-5)19(12-15)32-4/h7-12,29H,6,13H2,1-5H3,(H,26,28,30). The normalized spacial score (nSPS) is 11.3. The molecule has 2 aromatic carbocycles. The number of aliphatic imine (C=N–C) groups is 1. The van der Waals surface area contributed by atoms with E-state index in [9.17, 15) is 14.7 Å². The van der Waals surface area contributed by atoms with Crippen LogP contribution in [0.4, 0.5) is 0 Å². The molecule has 1 aromatic heterocycles. The number of methoxy groups -OCH3 is 3. The van der Waals surface area contributed by atoms with E-state index in [0.29, 0.717) is 35.3 Å². The quantitative estimate of drug-likeness (QED) is 0.462. The van der Waals surface area contributed by atoms with Crippen LogP contribution >= 0.6 is 0 Å². The lowest BCUT2D eigenvalue weighted by molar-refractivity contribution is 0.324. The lowest BCUT2D eigenvalue weighted by Gasteiger charge is -2.15. The molecule has 0 aliphatic heterocycles. The Morgan fingerprint density at radius 2 is 1.68 bits per heavy atom. The number of H-pyrrole nitrogens is 1. The Morgan fingerprint density at radius 3 is 2.26 bits per heavy atom. The number of hydrogen-bond donors (Lipinski definition) is 2. The molecule has 3 aromatic rings. The minimum absolute atomic E-state index is 0.127. The van der Waals surface area contributed by atoms with Crippen LogP contribution in [0.5, 0.6) is 28.9 Å². The average Bonchev–Trinajstić information content (AvgIpc) is 2.82. The van der Waals surface area contributed by atoms with Gasteiger partial charge in [-0.05, 0) is 43.7 Å². The summed E-state index contributed by atoms with van der Waals surface area (Å²) in [6, 6.07) is 10.2. The maximum Gasteiger partial charge on any atom is 0.335 e. The lowest BCUT2D eigenvalue weighted by Crippen LogP contribution is -2.33. The molecule has 0 saturated heterocycles. The van der Waals surface area contributed by atoms with Crippen LogP contribution < -0.4 is 30.2 Å². The van der Waals surface area contributed by atoms with Crippen LogP contribution in [-0.2, 0) is 6.54 Å². The van der Waals surface area contributed by atoms with E-state index in [2.05, 4.69) is 9.98 Å². The second-order valence-corrected chi connectivity index (χ2v) is 7.13. The van der Waals surface area contributed by atoms with Crippen molar-refractivity contribution < 1.29 is 24.1 Å². The summed E-state index contributed by atoms with van der Waals surface area (Å²) in [6.45, 7) is 3.89. The van der Waals surface area contributed by atoms with E-state index in [1.54, 1.807) is 50.2 Å². The number of ether oxygens (including phenoxy) is 4. The highest BCUT2D eigenvalue weighted by atomic mass is 16.5. The van der Waals surface area contributed by atoms with Gasteiger partial charge in [-0.25, -0.2) is 9.36 Å². The van der Waals surface area contributed by atoms with Crippen molar-refractivity contribution in [3.63, 3.8) is 0 Å². The van der Waals surface area contributed by atoms with Crippen LogP contribution in [0.2, 0.25) is 0 Å². The van der Waals surface area contributed by atoms with Crippen molar-refractivity contribution in [2.75, 3.05) is 27.9 Å². The molecule has 0 aliphatic carbocycles. The molecule has 0 amide bonds. The molecule has 10 heteroatoms. The summed E-state index contributed by atoms with van der Waals surface area (Å²) in [4.78, 5) is 31.9. The number of rotatable bonds is 9. The fourth-order valence-electron chi connectivity index (χ4n) is 3.51. The van der Waals surface area contributed by atoms with Crippen molar-refractivity contribution in [3.05, 3.63) is 68.4 Å². The summed E-state index contributed by atoms with van der Waals surface area (Å²) in [7, 11) is 4.53. The number of benzene rings is 2. The average molecular weight is 469 g/mol. The van der Waals surface area contributed by atoms with E-state index >= 15 is 0 Å². The molecule has 0 spiro atoms. The third-order valence-corrected chi connectivity index (χ3v) is 5.08. The van der Waals surface area contributed by atoms with Gasteiger partial charge in [-0.15, -0.1) is 0 Å².